The highest BCUT2D eigenvalue weighted by atomic mass is 16.5. The van der Waals surface area contributed by atoms with Crippen LogP contribution < -0.4 is 15.4 Å². The summed E-state index contributed by atoms with van der Waals surface area (Å²) in [5.74, 6) is 2.36. The molecule has 29 heavy (non-hydrogen) atoms. The van der Waals surface area contributed by atoms with E-state index in [-0.39, 0.29) is 0 Å². The topological polar surface area (TPSA) is 64.1 Å². The monoisotopic (exact) mass is 399 g/mol. The maximum absolute atomic E-state index is 5.96. The second-order valence-electron chi connectivity index (χ2n) is 7.24. The molecule has 2 aromatic rings. The Kier molecular flexibility index (Phi) is 9.07. The molecule has 2 aromatic carbocycles. The molecule has 3 rings (SSSR count). The third-order valence-corrected chi connectivity index (χ3v) is 5.08. The normalized spacial score (nSPS) is 15.4. The van der Waals surface area contributed by atoms with E-state index < -0.39 is 0 Å². The van der Waals surface area contributed by atoms with Gasteiger partial charge in [0.15, 0.2) is 5.96 Å². The minimum absolute atomic E-state index is 0.572. The number of ether oxygens (including phenoxy) is 3. The summed E-state index contributed by atoms with van der Waals surface area (Å²) in [5.41, 5.74) is 0. The number of aliphatic imine (C=N–C) groups is 1. The van der Waals surface area contributed by atoms with E-state index in [1.807, 2.05) is 24.3 Å². The SMILES string of the molecule is CN=C(NCCCOCC1CCOCC1)NCCOc1cccc2ccccc12. The lowest BCUT2D eigenvalue weighted by molar-refractivity contribution is 0.0203. The third-order valence-electron chi connectivity index (χ3n) is 5.08. The van der Waals surface area contributed by atoms with E-state index in [1.54, 1.807) is 7.05 Å². The van der Waals surface area contributed by atoms with E-state index in [4.69, 9.17) is 14.2 Å². The number of nitrogens with one attached hydrogen (secondary N) is 2. The molecule has 0 spiro atoms. The molecule has 1 saturated heterocycles. The average Bonchev–Trinajstić information content (AvgIpc) is 2.78. The summed E-state index contributed by atoms with van der Waals surface area (Å²) >= 11 is 0. The summed E-state index contributed by atoms with van der Waals surface area (Å²) in [5, 5.41) is 8.94. The van der Waals surface area contributed by atoms with Crippen molar-refractivity contribution in [2.45, 2.75) is 19.3 Å². The fraction of sp³-hybridized carbons (Fsp3) is 0.522. The first-order valence-electron chi connectivity index (χ1n) is 10.6. The van der Waals surface area contributed by atoms with Gasteiger partial charge >= 0.3 is 0 Å². The first-order valence-corrected chi connectivity index (χ1v) is 10.6. The highest BCUT2D eigenvalue weighted by molar-refractivity contribution is 5.88. The van der Waals surface area contributed by atoms with E-state index >= 15 is 0 Å². The third kappa shape index (κ3) is 7.22. The molecule has 1 aliphatic heterocycles. The highest BCUT2D eigenvalue weighted by Gasteiger charge is 2.13. The van der Waals surface area contributed by atoms with Gasteiger partial charge in [0, 0.05) is 45.4 Å². The quantitative estimate of drug-likeness (QED) is 0.365. The molecule has 158 valence electrons. The minimum atomic E-state index is 0.572. The van der Waals surface area contributed by atoms with E-state index in [1.165, 1.54) is 5.39 Å². The lowest BCUT2D eigenvalue weighted by Gasteiger charge is -2.21. The van der Waals surface area contributed by atoms with Gasteiger partial charge in [0.25, 0.3) is 0 Å². The molecule has 6 nitrogen and oxygen atoms in total. The molecule has 1 fully saturated rings. The standard InChI is InChI=1S/C23H33N3O3/c1-24-23(25-12-5-14-28-18-19-10-15-27-16-11-19)26-13-17-29-22-9-4-7-20-6-2-3-8-21(20)22/h2-4,6-9,19H,5,10-18H2,1H3,(H2,24,25,26). The van der Waals surface area contributed by atoms with Gasteiger partial charge in [-0.3, -0.25) is 4.99 Å². The van der Waals surface area contributed by atoms with Gasteiger partial charge in [-0.05, 0) is 36.6 Å². The van der Waals surface area contributed by atoms with Crippen molar-refractivity contribution in [2.24, 2.45) is 10.9 Å². The van der Waals surface area contributed by atoms with Crippen LogP contribution in [0, 0.1) is 5.92 Å². The van der Waals surface area contributed by atoms with Crippen LogP contribution in [0.4, 0.5) is 0 Å². The van der Waals surface area contributed by atoms with Crippen LogP contribution >= 0.6 is 0 Å². The summed E-state index contributed by atoms with van der Waals surface area (Å²) < 4.78 is 17.1. The summed E-state index contributed by atoms with van der Waals surface area (Å²) in [6.07, 6.45) is 3.20. The van der Waals surface area contributed by atoms with Crippen LogP contribution in [0.1, 0.15) is 19.3 Å². The van der Waals surface area contributed by atoms with Crippen molar-refractivity contribution < 1.29 is 14.2 Å². The Bertz CT molecular complexity index is 755. The number of rotatable bonds is 10. The van der Waals surface area contributed by atoms with Crippen molar-refractivity contribution >= 4 is 16.7 Å². The first-order chi connectivity index (χ1) is 14.4. The zero-order chi connectivity index (χ0) is 20.2. The number of guanidine groups is 1. The van der Waals surface area contributed by atoms with Gasteiger partial charge in [-0.15, -0.1) is 0 Å². The first kappa shape index (κ1) is 21.4. The zero-order valence-electron chi connectivity index (χ0n) is 17.4. The molecular weight excluding hydrogens is 366 g/mol. The second kappa shape index (κ2) is 12.3. The summed E-state index contributed by atoms with van der Waals surface area (Å²) in [7, 11) is 1.78. The Morgan fingerprint density at radius 3 is 2.69 bits per heavy atom. The molecule has 0 bridgehead atoms. The fourth-order valence-corrected chi connectivity index (χ4v) is 3.42. The number of hydrogen-bond acceptors (Lipinski definition) is 4. The van der Waals surface area contributed by atoms with Crippen molar-refractivity contribution in [1.29, 1.82) is 0 Å². The van der Waals surface area contributed by atoms with Crippen LogP contribution in [0.3, 0.4) is 0 Å². The van der Waals surface area contributed by atoms with Crippen molar-refractivity contribution in [1.82, 2.24) is 10.6 Å². The molecular formula is C23H33N3O3. The molecule has 2 N–H and O–H groups in total. The molecule has 0 aliphatic carbocycles. The molecule has 1 aliphatic rings. The van der Waals surface area contributed by atoms with Crippen LogP contribution in [0.2, 0.25) is 0 Å². The van der Waals surface area contributed by atoms with Gasteiger partial charge < -0.3 is 24.8 Å². The number of nitrogens with zero attached hydrogens (tertiary/aromatic N) is 1. The van der Waals surface area contributed by atoms with E-state index in [0.29, 0.717) is 19.1 Å². The van der Waals surface area contributed by atoms with Crippen molar-refractivity contribution in [3.05, 3.63) is 42.5 Å². The number of benzene rings is 2. The molecule has 0 saturated carbocycles. The Hall–Kier alpha value is -2.31. The Balaban J connectivity index is 1.26. The molecule has 0 atom stereocenters. The van der Waals surface area contributed by atoms with Crippen LogP contribution in [0.15, 0.2) is 47.5 Å². The largest absolute Gasteiger partial charge is 0.491 e. The van der Waals surface area contributed by atoms with Gasteiger partial charge in [0.2, 0.25) is 0 Å². The van der Waals surface area contributed by atoms with Crippen LogP contribution in [0.25, 0.3) is 10.8 Å². The van der Waals surface area contributed by atoms with Crippen molar-refractivity contribution in [3.8, 4) is 5.75 Å². The highest BCUT2D eigenvalue weighted by Crippen LogP contribution is 2.24. The van der Waals surface area contributed by atoms with E-state index in [2.05, 4.69) is 33.8 Å². The summed E-state index contributed by atoms with van der Waals surface area (Å²) in [4.78, 5) is 4.26. The predicted molar refractivity (Wildman–Crippen MR) is 118 cm³/mol. The Morgan fingerprint density at radius 1 is 1.03 bits per heavy atom. The minimum Gasteiger partial charge on any atom is -0.491 e. The molecule has 6 heteroatoms. The van der Waals surface area contributed by atoms with Crippen molar-refractivity contribution in [3.63, 3.8) is 0 Å². The van der Waals surface area contributed by atoms with E-state index in [0.717, 1.165) is 69.3 Å². The summed E-state index contributed by atoms with van der Waals surface area (Å²) in [6.45, 7) is 5.46. The molecule has 0 aromatic heterocycles. The van der Waals surface area contributed by atoms with Crippen molar-refractivity contribution in [2.75, 3.05) is 53.2 Å². The Labute approximate surface area is 173 Å². The zero-order valence-corrected chi connectivity index (χ0v) is 17.4. The average molecular weight is 400 g/mol. The maximum Gasteiger partial charge on any atom is 0.191 e. The molecule has 0 amide bonds. The van der Waals surface area contributed by atoms with Gasteiger partial charge in [-0.25, -0.2) is 0 Å². The maximum atomic E-state index is 5.96. The lowest BCUT2D eigenvalue weighted by atomic mass is 10.0. The number of fused-ring (bicyclic) bond motifs is 1. The van der Waals surface area contributed by atoms with E-state index in [9.17, 15) is 0 Å². The number of hydrogen-bond donors (Lipinski definition) is 2. The fourth-order valence-electron chi connectivity index (χ4n) is 3.42. The van der Waals surface area contributed by atoms with Gasteiger partial charge in [0.1, 0.15) is 12.4 Å². The van der Waals surface area contributed by atoms with Crippen LogP contribution in [-0.4, -0.2) is 59.1 Å². The van der Waals surface area contributed by atoms with Crippen LogP contribution in [0.5, 0.6) is 5.75 Å². The molecule has 0 unspecified atom stereocenters. The van der Waals surface area contributed by atoms with Gasteiger partial charge in [-0.1, -0.05) is 36.4 Å². The lowest BCUT2D eigenvalue weighted by Crippen LogP contribution is -2.40. The van der Waals surface area contributed by atoms with Crippen LogP contribution in [-0.2, 0) is 9.47 Å². The smallest absolute Gasteiger partial charge is 0.191 e. The van der Waals surface area contributed by atoms with Gasteiger partial charge in [0.05, 0.1) is 6.54 Å². The second-order valence-corrected chi connectivity index (χ2v) is 7.24. The predicted octanol–water partition coefficient (Wildman–Crippen LogP) is 3.22. The Morgan fingerprint density at radius 2 is 1.83 bits per heavy atom. The summed E-state index contributed by atoms with van der Waals surface area (Å²) in [6, 6.07) is 14.4. The molecule has 0 radical (unpaired) electrons. The van der Waals surface area contributed by atoms with Gasteiger partial charge in [-0.2, -0.15) is 0 Å². The molecule has 1 heterocycles.